The van der Waals surface area contributed by atoms with Crippen LogP contribution >= 0.6 is 23.2 Å². The molecule has 0 radical (unpaired) electrons. The first kappa shape index (κ1) is 42.6. The number of amides is 4. The number of anilines is 3. The number of carbonyl (C=O) groups is 5. The summed E-state index contributed by atoms with van der Waals surface area (Å²) >= 11 is 12.6. The van der Waals surface area contributed by atoms with E-state index in [1.54, 1.807) is 43.3 Å². The predicted molar refractivity (Wildman–Crippen MR) is 231 cm³/mol. The van der Waals surface area contributed by atoms with Crippen molar-refractivity contribution < 1.29 is 33.1 Å². The molecule has 62 heavy (non-hydrogen) atoms. The molecule has 0 saturated carbocycles. The van der Waals surface area contributed by atoms with E-state index < -0.39 is 29.8 Å². The SMILES string of the molecule is CNC(=O)CCC(C=O)N1C(=O)c2ccc(N3CCC(C(=O)N4CC5(C4)CN(c4ncc(C(=N)c6cc(O[C@H](C)c7c(Cl)cncc7Cl)ccc6N)cc4F)C5)CC3)cc2C1=O. The molecule has 8 rings (SSSR count). The molecule has 6 heterocycles. The molecule has 4 aliphatic heterocycles. The van der Waals surface area contributed by atoms with Crippen LogP contribution in [0.25, 0.3) is 0 Å². The minimum Gasteiger partial charge on any atom is -0.486 e. The maximum absolute atomic E-state index is 15.6. The number of hydrogen-bond donors (Lipinski definition) is 3. The van der Waals surface area contributed by atoms with Crippen LogP contribution in [0.5, 0.6) is 5.75 Å². The highest BCUT2D eigenvalue weighted by Gasteiger charge is 2.54. The van der Waals surface area contributed by atoms with Crippen molar-refractivity contribution in [1.29, 1.82) is 5.41 Å². The molecule has 4 N–H and O–H groups in total. The number of nitrogen functional groups attached to an aromatic ring is 1. The topological polar surface area (TPSA) is 195 Å². The summed E-state index contributed by atoms with van der Waals surface area (Å²) in [5, 5.41) is 12.0. The molecule has 3 saturated heterocycles. The monoisotopic (exact) mass is 883 g/mol. The Morgan fingerprint density at radius 1 is 1.00 bits per heavy atom. The second kappa shape index (κ2) is 17.0. The molecule has 0 aliphatic carbocycles. The van der Waals surface area contributed by atoms with Gasteiger partial charge in [-0.3, -0.25) is 34.5 Å². The molecule has 2 aromatic heterocycles. The highest BCUT2D eigenvalue weighted by molar-refractivity contribution is 6.35. The maximum Gasteiger partial charge on any atom is 0.262 e. The Bertz CT molecular complexity index is 2480. The predicted octanol–water partition coefficient (Wildman–Crippen LogP) is 5.32. The van der Waals surface area contributed by atoms with Gasteiger partial charge in [0.2, 0.25) is 11.8 Å². The Kier molecular flexibility index (Phi) is 11.6. The van der Waals surface area contributed by atoms with E-state index >= 15 is 4.39 Å². The van der Waals surface area contributed by atoms with Gasteiger partial charge in [-0.1, -0.05) is 23.2 Å². The molecular weight excluding hydrogens is 840 g/mol. The van der Waals surface area contributed by atoms with Crippen LogP contribution in [0.1, 0.15) is 76.1 Å². The van der Waals surface area contributed by atoms with Crippen molar-refractivity contribution in [2.75, 3.05) is 61.8 Å². The molecule has 4 aliphatic rings. The molecule has 15 nitrogen and oxygen atoms in total. The molecular formula is C44H44Cl2FN9O6. The van der Waals surface area contributed by atoms with Crippen molar-refractivity contribution >= 4 is 76.0 Å². The van der Waals surface area contributed by atoms with Crippen molar-refractivity contribution in [3.8, 4) is 5.75 Å². The van der Waals surface area contributed by atoms with Crippen LogP contribution in [0, 0.1) is 22.6 Å². The van der Waals surface area contributed by atoms with Gasteiger partial charge in [-0.15, -0.1) is 0 Å². The van der Waals surface area contributed by atoms with E-state index in [0.717, 1.165) is 10.6 Å². The van der Waals surface area contributed by atoms with Gasteiger partial charge >= 0.3 is 0 Å². The molecule has 2 atom stereocenters. The third kappa shape index (κ3) is 7.92. The zero-order valence-corrected chi connectivity index (χ0v) is 35.5. The highest BCUT2D eigenvalue weighted by atomic mass is 35.5. The number of halogens is 3. The number of benzene rings is 2. The molecule has 1 spiro atoms. The van der Waals surface area contributed by atoms with Gasteiger partial charge in [0.15, 0.2) is 11.6 Å². The lowest BCUT2D eigenvalue weighted by atomic mass is 9.72. The number of hydrogen-bond acceptors (Lipinski definition) is 12. The normalized spacial score (nSPS) is 17.9. The summed E-state index contributed by atoms with van der Waals surface area (Å²) in [6.45, 7) is 5.19. The minimum absolute atomic E-state index is 0.00200. The molecule has 4 amide bonds. The molecule has 18 heteroatoms. The van der Waals surface area contributed by atoms with E-state index in [0.29, 0.717) is 91.0 Å². The third-order valence-electron chi connectivity index (χ3n) is 12.3. The van der Waals surface area contributed by atoms with Crippen LogP contribution < -0.4 is 25.6 Å². The Morgan fingerprint density at radius 3 is 2.35 bits per heavy atom. The first-order valence-corrected chi connectivity index (χ1v) is 21.0. The van der Waals surface area contributed by atoms with Crippen molar-refractivity contribution in [3.05, 3.63) is 105 Å². The average Bonchev–Trinajstić information content (AvgIpc) is 3.48. The van der Waals surface area contributed by atoms with Crippen molar-refractivity contribution in [1.82, 2.24) is 25.1 Å². The fourth-order valence-corrected chi connectivity index (χ4v) is 9.61. The molecule has 4 aromatic rings. The van der Waals surface area contributed by atoms with Gasteiger partial charge in [-0.05, 0) is 68.7 Å². The van der Waals surface area contributed by atoms with Crippen LogP contribution in [-0.2, 0) is 14.4 Å². The van der Waals surface area contributed by atoms with Crippen LogP contribution in [0.2, 0.25) is 10.0 Å². The lowest BCUT2D eigenvalue weighted by Crippen LogP contribution is -2.73. The second-order valence-corrected chi connectivity index (χ2v) is 17.2. The number of aldehydes is 1. The van der Waals surface area contributed by atoms with Gasteiger partial charge in [0.1, 0.15) is 18.1 Å². The van der Waals surface area contributed by atoms with Crippen molar-refractivity contribution in [2.24, 2.45) is 11.3 Å². The molecule has 3 fully saturated rings. The minimum atomic E-state index is -1.05. The molecule has 2 aromatic carbocycles. The van der Waals surface area contributed by atoms with Gasteiger partial charge in [0.05, 0.1) is 32.9 Å². The van der Waals surface area contributed by atoms with Gasteiger partial charge < -0.3 is 35.3 Å². The number of piperidine rings is 1. The highest BCUT2D eigenvalue weighted by Crippen LogP contribution is 2.43. The fraction of sp³-hybridized carbons (Fsp3) is 0.364. The second-order valence-electron chi connectivity index (χ2n) is 16.4. The number of likely N-dealkylation sites (tertiary alicyclic amines) is 1. The summed E-state index contributed by atoms with van der Waals surface area (Å²) in [7, 11) is 1.48. The number of nitrogens with zero attached hydrogens (tertiary/aromatic N) is 6. The summed E-state index contributed by atoms with van der Waals surface area (Å²) in [6.07, 6.45) is 5.66. The van der Waals surface area contributed by atoms with Crippen LogP contribution in [0.3, 0.4) is 0 Å². The number of imide groups is 1. The summed E-state index contributed by atoms with van der Waals surface area (Å²) in [6, 6.07) is 10.2. The third-order valence-corrected chi connectivity index (χ3v) is 12.9. The first-order chi connectivity index (χ1) is 29.7. The zero-order valence-electron chi connectivity index (χ0n) is 34.0. The number of nitrogens with one attached hydrogen (secondary N) is 2. The van der Waals surface area contributed by atoms with Crippen molar-refractivity contribution in [2.45, 2.75) is 44.8 Å². The average molecular weight is 885 g/mol. The number of aromatic nitrogens is 2. The van der Waals surface area contributed by atoms with Gasteiger partial charge in [-0.2, -0.15) is 0 Å². The van der Waals surface area contributed by atoms with E-state index in [9.17, 15) is 24.0 Å². The lowest BCUT2D eigenvalue weighted by molar-refractivity contribution is -0.150. The van der Waals surface area contributed by atoms with Gasteiger partial charge in [0, 0.05) is 111 Å². The number of pyridine rings is 2. The first-order valence-electron chi connectivity index (χ1n) is 20.3. The quantitative estimate of drug-likeness (QED) is 0.0681. The number of nitrogens with two attached hydrogens (primary N) is 1. The molecule has 1 unspecified atom stereocenters. The summed E-state index contributed by atoms with van der Waals surface area (Å²) in [4.78, 5) is 78.7. The standard InChI is InChI=1S/C44H44Cl2FN9O6/c1-24(38-33(45)17-51-18-34(38)46)62-29-5-7-36(48)32(15-29)39(49)26-13-35(47)40(52-16-26)54-20-44(21-54)22-55(23-44)41(59)25-9-11-53(12-10-25)27-3-6-30-31(14-27)43(61)56(42(30)60)28(19-57)4-8-37(58)50-2/h3,5-7,13-19,24-25,28,49H,4,8-12,20-23,48H2,1-2H3,(H,50,58)/t24-,28?/m1/s1. The van der Waals surface area contributed by atoms with E-state index in [1.165, 1.54) is 31.7 Å². The Hall–Kier alpha value is -6.13. The number of carbonyl (C=O) groups excluding carboxylic acids is 5. The Morgan fingerprint density at radius 2 is 1.69 bits per heavy atom. The maximum atomic E-state index is 15.6. The van der Waals surface area contributed by atoms with Gasteiger partial charge in [0.25, 0.3) is 11.8 Å². The number of ether oxygens (including phenoxy) is 1. The van der Waals surface area contributed by atoms with Crippen LogP contribution in [0.15, 0.2) is 61.1 Å². The van der Waals surface area contributed by atoms with E-state index in [2.05, 4.69) is 20.2 Å². The largest absolute Gasteiger partial charge is 0.486 e. The van der Waals surface area contributed by atoms with E-state index in [1.807, 2.05) is 9.80 Å². The smallest absolute Gasteiger partial charge is 0.262 e. The van der Waals surface area contributed by atoms with Crippen molar-refractivity contribution in [3.63, 3.8) is 0 Å². The van der Waals surface area contributed by atoms with Crippen LogP contribution in [0.4, 0.5) is 21.6 Å². The Labute approximate surface area is 366 Å². The zero-order chi connectivity index (χ0) is 44.0. The number of fused-ring (bicyclic) bond motifs is 1. The molecule has 322 valence electrons. The fourth-order valence-electron chi connectivity index (χ4n) is 8.94. The molecule has 0 bridgehead atoms. The summed E-state index contributed by atoms with van der Waals surface area (Å²) < 4.78 is 21.7. The van der Waals surface area contributed by atoms with Crippen LogP contribution in [-0.4, -0.2) is 108 Å². The lowest BCUT2D eigenvalue weighted by Gasteiger charge is -2.61. The number of rotatable bonds is 13. The summed E-state index contributed by atoms with van der Waals surface area (Å²) in [5.74, 6) is -1.46. The van der Waals surface area contributed by atoms with E-state index in [4.69, 9.17) is 39.1 Å². The summed E-state index contributed by atoms with van der Waals surface area (Å²) in [5.41, 5.74) is 8.73. The van der Waals surface area contributed by atoms with E-state index in [-0.39, 0.29) is 64.2 Å². The Balaban J connectivity index is 0.822. The van der Waals surface area contributed by atoms with Gasteiger partial charge in [-0.25, -0.2) is 9.37 Å².